The first kappa shape index (κ1) is 15.6. The molecule has 0 unspecified atom stereocenters. The van der Waals surface area contributed by atoms with Crippen LogP contribution < -0.4 is 4.90 Å². The van der Waals surface area contributed by atoms with E-state index in [1.807, 2.05) is 18.2 Å². The highest BCUT2D eigenvalue weighted by Gasteiger charge is 2.10. The Morgan fingerprint density at radius 2 is 1.89 bits per heavy atom. The number of rotatable bonds is 7. The molecular formula is C14H22Cl2N2. The maximum absolute atomic E-state index is 6.08. The molecular weight excluding hydrogens is 267 g/mol. The van der Waals surface area contributed by atoms with E-state index in [1.165, 1.54) is 5.69 Å². The molecule has 0 aliphatic carbocycles. The van der Waals surface area contributed by atoms with Crippen LogP contribution in [-0.4, -0.2) is 38.6 Å². The monoisotopic (exact) mass is 288 g/mol. The van der Waals surface area contributed by atoms with E-state index in [1.54, 1.807) is 0 Å². The van der Waals surface area contributed by atoms with Gasteiger partial charge in [0.1, 0.15) is 0 Å². The molecule has 1 aromatic rings. The molecule has 2 nitrogen and oxygen atoms in total. The zero-order valence-corrected chi connectivity index (χ0v) is 12.9. The van der Waals surface area contributed by atoms with Gasteiger partial charge < -0.3 is 9.80 Å². The van der Waals surface area contributed by atoms with Gasteiger partial charge >= 0.3 is 0 Å². The molecule has 0 aromatic heterocycles. The molecule has 0 aliphatic heterocycles. The minimum atomic E-state index is 0.524. The van der Waals surface area contributed by atoms with Crippen molar-refractivity contribution in [1.82, 2.24) is 4.90 Å². The number of anilines is 1. The zero-order valence-electron chi connectivity index (χ0n) is 11.4. The van der Waals surface area contributed by atoms with Crippen LogP contribution in [-0.2, 0) is 5.88 Å². The topological polar surface area (TPSA) is 6.48 Å². The highest BCUT2D eigenvalue weighted by Crippen LogP contribution is 2.26. The smallest absolute Gasteiger partial charge is 0.0494 e. The molecule has 0 saturated carbocycles. The Labute approximate surface area is 120 Å². The van der Waals surface area contributed by atoms with Crippen molar-refractivity contribution in [3.63, 3.8) is 0 Å². The lowest BCUT2D eigenvalue weighted by Gasteiger charge is -2.26. The molecule has 0 fully saturated rings. The number of alkyl halides is 1. The Morgan fingerprint density at radius 1 is 1.17 bits per heavy atom. The second-order valence-corrected chi connectivity index (χ2v) is 5.35. The maximum Gasteiger partial charge on any atom is 0.0494 e. The number of hydrogen-bond acceptors (Lipinski definition) is 2. The summed E-state index contributed by atoms with van der Waals surface area (Å²) in [7, 11) is 4.19. The number of hydrogen-bond donors (Lipinski definition) is 0. The van der Waals surface area contributed by atoms with Crippen molar-refractivity contribution in [1.29, 1.82) is 0 Å². The van der Waals surface area contributed by atoms with Crippen LogP contribution in [0.5, 0.6) is 0 Å². The molecule has 1 aromatic carbocycles. The molecule has 0 saturated heterocycles. The van der Waals surface area contributed by atoms with Gasteiger partial charge in [-0.1, -0.05) is 17.7 Å². The molecule has 0 bridgehead atoms. The summed E-state index contributed by atoms with van der Waals surface area (Å²) in [6.45, 7) is 5.25. The van der Waals surface area contributed by atoms with Gasteiger partial charge in [0.2, 0.25) is 0 Å². The van der Waals surface area contributed by atoms with Gasteiger partial charge in [0.15, 0.2) is 0 Å². The van der Waals surface area contributed by atoms with Gasteiger partial charge in [0, 0.05) is 29.7 Å². The fraction of sp³-hybridized carbons (Fsp3) is 0.571. The molecule has 0 N–H and O–H groups in total. The van der Waals surface area contributed by atoms with E-state index in [-0.39, 0.29) is 0 Å². The van der Waals surface area contributed by atoms with E-state index in [2.05, 4.69) is 30.8 Å². The Bertz CT molecular complexity index is 367. The first-order valence-electron chi connectivity index (χ1n) is 6.32. The zero-order chi connectivity index (χ0) is 13.5. The number of benzene rings is 1. The highest BCUT2D eigenvalue weighted by atomic mass is 35.5. The molecule has 0 spiro atoms. The summed E-state index contributed by atoms with van der Waals surface area (Å²) in [6, 6.07) is 5.92. The van der Waals surface area contributed by atoms with Crippen molar-refractivity contribution >= 4 is 28.9 Å². The van der Waals surface area contributed by atoms with E-state index < -0.39 is 0 Å². The van der Waals surface area contributed by atoms with E-state index in [0.717, 1.165) is 36.6 Å². The second-order valence-electron chi connectivity index (χ2n) is 4.64. The average molecular weight is 289 g/mol. The maximum atomic E-state index is 6.08. The van der Waals surface area contributed by atoms with Crippen LogP contribution in [0.1, 0.15) is 18.9 Å². The van der Waals surface area contributed by atoms with Crippen molar-refractivity contribution in [2.24, 2.45) is 0 Å². The van der Waals surface area contributed by atoms with Crippen LogP contribution in [0.4, 0.5) is 5.69 Å². The lowest BCUT2D eigenvalue weighted by molar-refractivity contribution is 0.400. The molecule has 18 heavy (non-hydrogen) atoms. The Morgan fingerprint density at radius 3 is 2.44 bits per heavy atom. The largest absolute Gasteiger partial charge is 0.371 e. The Hall–Kier alpha value is -0.440. The summed E-state index contributed by atoms with van der Waals surface area (Å²) in [4.78, 5) is 4.54. The minimum absolute atomic E-state index is 0.524. The quantitative estimate of drug-likeness (QED) is 0.703. The van der Waals surface area contributed by atoms with Crippen LogP contribution in [0.15, 0.2) is 18.2 Å². The van der Waals surface area contributed by atoms with Crippen molar-refractivity contribution in [2.45, 2.75) is 19.2 Å². The van der Waals surface area contributed by atoms with Gasteiger partial charge in [-0.15, -0.1) is 11.6 Å². The third-order valence-corrected chi connectivity index (χ3v) is 3.47. The predicted molar refractivity (Wildman–Crippen MR) is 82.1 cm³/mol. The molecule has 4 heteroatoms. The van der Waals surface area contributed by atoms with Gasteiger partial charge in [-0.05, 0) is 51.7 Å². The summed E-state index contributed by atoms with van der Waals surface area (Å²) in [5.74, 6) is 0.524. The third kappa shape index (κ3) is 4.68. The summed E-state index contributed by atoms with van der Waals surface area (Å²) in [5.41, 5.74) is 2.31. The summed E-state index contributed by atoms with van der Waals surface area (Å²) >= 11 is 12.1. The van der Waals surface area contributed by atoms with Gasteiger partial charge in [-0.3, -0.25) is 0 Å². The normalized spacial score (nSPS) is 11.0. The van der Waals surface area contributed by atoms with Crippen LogP contribution >= 0.6 is 23.2 Å². The Kier molecular flexibility index (Phi) is 6.83. The molecule has 1 rings (SSSR count). The lowest BCUT2D eigenvalue weighted by atomic mass is 10.1. The first-order chi connectivity index (χ1) is 8.58. The minimum Gasteiger partial charge on any atom is -0.371 e. The van der Waals surface area contributed by atoms with Crippen LogP contribution in [0.25, 0.3) is 0 Å². The number of nitrogens with zero attached hydrogens (tertiary/aromatic N) is 2. The fourth-order valence-electron chi connectivity index (χ4n) is 1.97. The SMILES string of the molecule is CCN(CCCN(C)C)c1cc(Cl)ccc1CCl. The first-order valence-corrected chi connectivity index (χ1v) is 7.23. The predicted octanol–water partition coefficient (Wildman–Crippen LogP) is 3.86. The van der Waals surface area contributed by atoms with Crippen molar-refractivity contribution in [3.05, 3.63) is 28.8 Å². The molecule has 102 valence electrons. The van der Waals surface area contributed by atoms with Crippen molar-refractivity contribution in [2.75, 3.05) is 38.6 Å². The van der Waals surface area contributed by atoms with Crippen LogP contribution in [0.3, 0.4) is 0 Å². The third-order valence-electron chi connectivity index (χ3n) is 2.95. The average Bonchev–Trinajstić information content (AvgIpc) is 2.34. The van der Waals surface area contributed by atoms with Gasteiger partial charge in [0.05, 0.1) is 0 Å². The van der Waals surface area contributed by atoms with Crippen LogP contribution in [0, 0.1) is 0 Å². The van der Waals surface area contributed by atoms with Crippen molar-refractivity contribution in [3.8, 4) is 0 Å². The molecule has 0 amide bonds. The van der Waals surface area contributed by atoms with E-state index in [9.17, 15) is 0 Å². The Balaban J connectivity index is 2.77. The standard InChI is InChI=1S/C14H22Cl2N2/c1-4-18(9-5-8-17(2)3)14-10-13(16)7-6-12(14)11-15/h6-7,10H,4-5,8-9,11H2,1-3H3. The molecule has 0 radical (unpaired) electrons. The second kappa shape index (κ2) is 7.88. The molecule has 0 atom stereocenters. The van der Waals surface area contributed by atoms with Gasteiger partial charge in [-0.25, -0.2) is 0 Å². The van der Waals surface area contributed by atoms with Crippen molar-refractivity contribution < 1.29 is 0 Å². The summed E-state index contributed by atoms with van der Waals surface area (Å²) in [6.07, 6.45) is 1.13. The molecule has 0 heterocycles. The van der Waals surface area contributed by atoms with Crippen LogP contribution in [0.2, 0.25) is 5.02 Å². The van der Waals surface area contributed by atoms with Gasteiger partial charge in [0.25, 0.3) is 0 Å². The fourth-order valence-corrected chi connectivity index (χ4v) is 2.36. The van der Waals surface area contributed by atoms with E-state index in [4.69, 9.17) is 23.2 Å². The summed E-state index contributed by atoms with van der Waals surface area (Å²) in [5, 5.41) is 0.768. The van der Waals surface area contributed by atoms with E-state index >= 15 is 0 Å². The van der Waals surface area contributed by atoms with E-state index in [0.29, 0.717) is 5.88 Å². The lowest BCUT2D eigenvalue weighted by Crippen LogP contribution is -2.27. The number of halogens is 2. The molecule has 0 aliphatic rings. The van der Waals surface area contributed by atoms with Gasteiger partial charge in [-0.2, -0.15) is 0 Å². The highest BCUT2D eigenvalue weighted by molar-refractivity contribution is 6.31. The summed E-state index contributed by atoms with van der Waals surface area (Å²) < 4.78 is 0.